The average molecular weight is 251 g/mol. The summed E-state index contributed by atoms with van der Waals surface area (Å²) in [4.78, 5) is 13.6. The lowest BCUT2D eigenvalue weighted by molar-refractivity contribution is 0.0732. The van der Waals surface area contributed by atoms with Crippen molar-refractivity contribution < 1.29 is 15.1 Å². The summed E-state index contributed by atoms with van der Waals surface area (Å²) >= 11 is 0. The van der Waals surface area contributed by atoms with E-state index in [4.69, 9.17) is 16.0 Å². The van der Waals surface area contributed by atoms with Crippen molar-refractivity contribution in [3.8, 4) is 0 Å². The van der Waals surface area contributed by atoms with Crippen LogP contribution < -0.4 is 5.73 Å². The van der Waals surface area contributed by atoms with E-state index in [0.29, 0.717) is 24.2 Å². The van der Waals surface area contributed by atoms with Crippen molar-refractivity contribution in [2.45, 2.75) is 6.92 Å². The standard InChI is InChI=1S/C12H17N3O3/c1-2-15(7-8-16)12(17)10-5-3-9(4-6-10)11(13)14-18/h3-6,16,18H,2,7-8H2,1H3,(H2,13,14). The molecule has 6 heteroatoms. The van der Waals surface area contributed by atoms with Gasteiger partial charge in [0.15, 0.2) is 5.84 Å². The van der Waals surface area contributed by atoms with Gasteiger partial charge in [0.2, 0.25) is 0 Å². The van der Waals surface area contributed by atoms with Gasteiger partial charge in [0, 0.05) is 24.2 Å². The van der Waals surface area contributed by atoms with Gasteiger partial charge < -0.3 is 20.9 Å². The van der Waals surface area contributed by atoms with Gasteiger partial charge in [-0.2, -0.15) is 0 Å². The number of nitrogens with zero attached hydrogens (tertiary/aromatic N) is 2. The van der Waals surface area contributed by atoms with E-state index >= 15 is 0 Å². The number of amides is 1. The molecule has 1 aromatic carbocycles. The third-order valence-corrected chi connectivity index (χ3v) is 2.57. The van der Waals surface area contributed by atoms with Gasteiger partial charge in [-0.05, 0) is 19.1 Å². The van der Waals surface area contributed by atoms with Crippen LogP contribution in [0.2, 0.25) is 0 Å². The predicted octanol–water partition coefficient (Wildman–Crippen LogP) is 0.235. The van der Waals surface area contributed by atoms with Crippen molar-refractivity contribution >= 4 is 11.7 Å². The van der Waals surface area contributed by atoms with Crippen LogP contribution in [-0.2, 0) is 0 Å². The monoisotopic (exact) mass is 251 g/mol. The van der Waals surface area contributed by atoms with E-state index in [1.54, 1.807) is 29.2 Å². The molecule has 0 fully saturated rings. The van der Waals surface area contributed by atoms with Gasteiger partial charge >= 0.3 is 0 Å². The molecule has 4 N–H and O–H groups in total. The minimum absolute atomic E-state index is 0.00305. The van der Waals surface area contributed by atoms with Crippen molar-refractivity contribution in [2.75, 3.05) is 19.7 Å². The van der Waals surface area contributed by atoms with Gasteiger partial charge in [-0.1, -0.05) is 17.3 Å². The molecule has 1 aromatic rings. The van der Waals surface area contributed by atoms with Gasteiger partial charge in [0.25, 0.3) is 5.91 Å². The number of carbonyl (C=O) groups excluding carboxylic acids is 1. The first-order valence-electron chi connectivity index (χ1n) is 5.62. The molecule has 0 spiro atoms. The molecule has 98 valence electrons. The summed E-state index contributed by atoms with van der Waals surface area (Å²) in [5, 5.41) is 20.3. The highest BCUT2D eigenvalue weighted by Crippen LogP contribution is 2.07. The smallest absolute Gasteiger partial charge is 0.253 e. The zero-order valence-corrected chi connectivity index (χ0v) is 10.2. The SMILES string of the molecule is CCN(CCO)C(=O)c1ccc(/C(N)=N/O)cc1. The molecule has 0 atom stereocenters. The van der Waals surface area contributed by atoms with E-state index in [2.05, 4.69) is 5.16 Å². The van der Waals surface area contributed by atoms with E-state index in [1.807, 2.05) is 6.92 Å². The fraction of sp³-hybridized carbons (Fsp3) is 0.333. The van der Waals surface area contributed by atoms with E-state index in [0.717, 1.165) is 0 Å². The third-order valence-electron chi connectivity index (χ3n) is 2.57. The van der Waals surface area contributed by atoms with Crippen LogP contribution in [0.1, 0.15) is 22.8 Å². The van der Waals surface area contributed by atoms with Crippen LogP contribution in [-0.4, -0.2) is 46.7 Å². The minimum Gasteiger partial charge on any atom is -0.409 e. The number of aliphatic hydroxyl groups is 1. The minimum atomic E-state index is -0.155. The van der Waals surface area contributed by atoms with Gasteiger partial charge in [-0.15, -0.1) is 0 Å². The first-order chi connectivity index (χ1) is 8.63. The molecule has 0 saturated carbocycles. The maximum absolute atomic E-state index is 12.0. The number of hydrogen-bond acceptors (Lipinski definition) is 4. The van der Waals surface area contributed by atoms with E-state index in [1.165, 1.54) is 0 Å². The molecule has 0 bridgehead atoms. The number of amidine groups is 1. The molecule has 1 rings (SSSR count). The number of aliphatic hydroxyl groups excluding tert-OH is 1. The van der Waals surface area contributed by atoms with Gasteiger partial charge in [-0.25, -0.2) is 0 Å². The van der Waals surface area contributed by atoms with Crippen LogP contribution in [0.5, 0.6) is 0 Å². The molecule has 0 aliphatic heterocycles. The van der Waals surface area contributed by atoms with Crippen LogP contribution in [0, 0.1) is 0 Å². The Hall–Kier alpha value is -2.08. The van der Waals surface area contributed by atoms with Crippen molar-refractivity contribution in [3.05, 3.63) is 35.4 Å². The van der Waals surface area contributed by atoms with Crippen LogP contribution in [0.4, 0.5) is 0 Å². The Morgan fingerprint density at radius 3 is 2.33 bits per heavy atom. The Balaban J connectivity index is 2.87. The van der Waals surface area contributed by atoms with E-state index in [-0.39, 0.29) is 18.3 Å². The van der Waals surface area contributed by atoms with Crippen LogP contribution in [0.25, 0.3) is 0 Å². The number of hydrogen-bond donors (Lipinski definition) is 3. The lowest BCUT2D eigenvalue weighted by Crippen LogP contribution is -2.33. The first kappa shape index (κ1) is 14.0. The summed E-state index contributed by atoms with van der Waals surface area (Å²) < 4.78 is 0. The number of likely N-dealkylation sites (N-methyl/N-ethyl adjacent to an activating group) is 1. The second-order valence-corrected chi connectivity index (χ2v) is 3.67. The molecular weight excluding hydrogens is 234 g/mol. The molecule has 0 unspecified atom stereocenters. The normalized spacial score (nSPS) is 11.3. The van der Waals surface area contributed by atoms with Crippen LogP contribution >= 0.6 is 0 Å². The fourth-order valence-corrected chi connectivity index (χ4v) is 1.55. The Morgan fingerprint density at radius 2 is 1.89 bits per heavy atom. The molecule has 0 aliphatic rings. The maximum atomic E-state index is 12.0. The Morgan fingerprint density at radius 1 is 1.33 bits per heavy atom. The second kappa shape index (κ2) is 6.61. The zero-order chi connectivity index (χ0) is 13.5. The molecule has 18 heavy (non-hydrogen) atoms. The van der Waals surface area contributed by atoms with Gasteiger partial charge in [0.05, 0.1) is 6.61 Å². The topological polar surface area (TPSA) is 99.2 Å². The Bertz CT molecular complexity index is 429. The molecule has 1 amide bonds. The summed E-state index contributed by atoms with van der Waals surface area (Å²) in [6.45, 7) is 2.61. The number of nitrogens with two attached hydrogens (primary N) is 1. The second-order valence-electron chi connectivity index (χ2n) is 3.67. The van der Waals surface area contributed by atoms with Crippen LogP contribution in [0.3, 0.4) is 0 Å². The van der Waals surface area contributed by atoms with Crippen molar-refractivity contribution in [1.29, 1.82) is 0 Å². The summed E-state index contributed by atoms with van der Waals surface area (Å²) in [6, 6.07) is 6.43. The molecule has 0 radical (unpaired) electrons. The van der Waals surface area contributed by atoms with E-state index < -0.39 is 0 Å². The van der Waals surface area contributed by atoms with Crippen LogP contribution in [0.15, 0.2) is 29.4 Å². The molecule has 0 heterocycles. The summed E-state index contributed by atoms with van der Waals surface area (Å²) in [5.74, 6) is -0.158. The average Bonchev–Trinajstić information content (AvgIpc) is 2.43. The van der Waals surface area contributed by atoms with Crippen molar-refractivity contribution in [1.82, 2.24) is 4.90 Å². The fourth-order valence-electron chi connectivity index (χ4n) is 1.55. The molecule has 0 aliphatic carbocycles. The molecule has 6 nitrogen and oxygen atoms in total. The zero-order valence-electron chi connectivity index (χ0n) is 10.2. The van der Waals surface area contributed by atoms with Gasteiger partial charge in [0.1, 0.15) is 0 Å². The van der Waals surface area contributed by atoms with Crippen molar-refractivity contribution in [2.24, 2.45) is 10.9 Å². The highest BCUT2D eigenvalue weighted by molar-refractivity contribution is 5.99. The molecular formula is C12H17N3O3. The summed E-state index contributed by atoms with van der Waals surface area (Å²) in [5.41, 5.74) is 6.47. The number of benzene rings is 1. The van der Waals surface area contributed by atoms with E-state index in [9.17, 15) is 4.79 Å². The molecule has 0 aromatic heterocycles. The summed E-state index contributed by atoms with van der Waals surface area (Å²) in [7, 11) is 0. The number of oxime groups is 1. The number of rotatable bonds is 5. The quantitative estimate of drug-likeness (QED) is 0.302. The maximum Gasteiger partial charge on any atom is 0.253 e. The Labute approximate surface area is 105 Å². The van der Waals surface area contributed by atoms with Gasteiger partial charge in [-0.3, -0.25) is 4.79 Å². The first-order valence-corrected chi connectivity index (χ1v) is 5.62. The lowest BCUT2D eigenvalue weighted by atomic mass is 10.1. The number of carbonyl (C=O) groups is 1. The highest BCUT2D eigenvalue weighted by atomic mass is 16.4. The Kier molecular flexibility index (Phi) is 5.13. The predicted molar refractivity (Wildman–Crippen MR) is 67.6 cm³/mol. The highest BCUT2D eigenvalue weighted by Gasteiger charge is 2.13. The largest absolute Gasteiger partial charge is 0.409 e. The molecule has 0 saturated heterocycles. The summed E-state index contributed by atoms with van der Waals surface area (Å²) in [6.07, 6.45) is 0. The van der Waals surface area contributed by atoms with Crippen molar-refractivity contribution in [3.63, 3.8) is 0 Å². The lowest BCUT2D eigenvalue weighted by Gasteiger charge is -2.19. The third kappa shape index (κ3) is 3.21.